The second kappa shape index (κ2) is 8.48. The van der Waals surface area contributed by atoms with E-state index in [2.05, 4.69) is 43.2 Å². The molecular formula is C19H37N3O. The van der Waals surface area contributed by atoms with Crippen molar-refractivity contribution in [3.63, 3.8) is 0 Å². The van der Waals surface area contributed by atoms with Gasteiger partial charge in [0.2, 0.25) is 5.91 Å². The van der Waals surface area contributed by atoms with Crippen molar-refractivity contribution in [2.45, 2.75) is 65.3 Å². The van der Waals surface area contributed by atoms with Crippen molar-refractivity contribution < 1.29 is 4.79 Å². The molecule has 2 fully saturated rings. The van der Waals surface area contributed by atoms with Gasteiger partial charge in [0.1, 0.15) is 0 Å². The first-order chi connectivity index (χ1) is 10.9. The predicted octanol–water partition coefficient (Wildman–Crippen LogP) is 2.64. The van der Waals surface area contributed by atoms with Gasteiger partial charge in [-0.1, -0.05) is 13.8 Å². The van der Waals surface area contributed by atoms with E-state index in [4.69, 9.17) is 0 Å². The molecule has 23 heavy (non-hydrogen) atoms. The van der Waals surface area contributed by atoms with E-state index in [1.807, 2.05) is 0 Å². The number of rotatable bonds is 6. The minimum Gasteiger partial charge on any atom is -0.354 e. The van der Waals surface area contributed by atoms with Gasteiger partial charge in [0.15, 0.2) is 0 Å². The first-order valence-corrected chi connectivity index (χ1v) is 9.61. The van der Waals surface area contributed by atoms with Gasteiger partial charge in [-0.25, -0.2) is 0 Å². The van der Waals surface area contributed by atoms with Crippen LogP contribution in [0.25, 0.3) is 0 Å². The van der Waals surface area contributed by atoms with E-state index < -0.39 is 0 Å². The highest BCUT2D eigenvalue weighted by Crippen LogP contribution is 2.25. The molecule has 0 radical (unpaired) electrons. The Balaban J connectivity index is 1.74. The Bertz CT molecular complexity index is 377. The van der Waals surface area contributed by atoms with Gasteiger partial charge in [0.25, 0.3) is 0 Å². The van der Waals surface area contributed by atoms with Crippen LogP contribution in [0.3, 0.4) is 0 Å². The molecule has 4 heteroatoms. The van der Waals surface area contributed by atoms with Gasteiger partial charge >= 0.3 is 0 Å². The van der Waals surface area contributed by atoms with Gasteiger partial charge in [-0.3, -0.25) is 9.69 Å². The van der Waals surface area contributed by atoms with Crippen LogP contribution in [0.2, 0.25) is 0 Å². The van der Waals surface area contributed by atoms with Crippen LogP contribution >= 0.6 is 0 Å². The lowest BCUT2D eigenvalue weighted by atomic mass is 9.84. The molecule has 4 nitrogen and oxygen atoms in total. The van der Waals surface area contributed by atoms with Crippen LogP contribution in [0, 0.1) is 17.8 Å². The second-order valence-electron chi connectivity index (χ2n) is 8.55. The number of likely N-dealkylation sites (tertiary alicyclic amines) is 1. The Kier molecular flexibility index (Phi) is 6.90. The van der Waals surface area contributed by atoms with Gasteiger partial charge in [0.05, 0.1) is 0 Å². The van der Waals surface area contributed by atoms with Gasteiger partial charge in [-0.15, -0.1) is 0 Å². The lowest BCUT2D eigenvalue weighted by Gasteiger charge is -2.43. The van der Waals surface area contributed by atoms with Crippen molar-refractivity contribution in [2.75, 3.05) is 32.7 Å². The molecule has 2 aliphatic heterocycles. The highest BCUT2D eigenvalue weighted by Gasteiger charge is 2.30. The molecule has 2 N–H and O–H groups in total. The van der Waals surface area contributed by atoms with Crippen molar-refractivity contribution in [1.29, 1.82) is 0 Å². The molecule has 2 aliphatic rings. The maximum absolute atomic E-state index is 12.3. The predicted molar refractivity (Wildman–Crippen MR) is 96.4 cm³/mol. The van der Waals surface area contributed by atoms with E-state index in [1.165, 1.54) is 32.2 Å². The Labute approximate surface area is 142 Å². The zero-order valence-electron chi connectivity index (χ0n) is 15.7. The molecule has 0 aromatic heterocycles. The van der Waals surface area contributed by atoms with E-state index in [1.54, 1.807) is 0 Å². The molecular weight excluding hydrogens is 286 g/mol. The molecule has 0 saturated carbocycles. The van der Waals surface area contributed by atoms with E-state index in [0.29, 0.717) is 18.3 Å². The van der Waals surface area contributed by atoms with Crippen molar-refractivity contribution in [3.05, 3.63) is 0 Å². The lowest BCUT2D eigenvalue weighted by Crippen LogP contribution is -2.54. The van der Waals surface area contributed by atoms with E-state index in [-0.39, 0.29) is 11.4 Å². The van der Waals surface area contributed by atoms with Crippen LogP contribution in [0.4, 0.5) is 0 Å². The van der Waals surface area contributed by atoms with Crippen molar-refractivity contribution >= 4 is 5.91 Å². The highest BCUT2D eigenvalue weighted by atomic mass is 16.1. The van der Waals surface area contributed by atoms with Gasteiger partial charge < -0.3 is 10.6 Å². The summed E-state index contributed by atoms with van der Waals surface area (Å²) in [6, 6.07) is 0. The maximum atomic E-state index is 12.3. The fraction of sp³-hybridized carbons (Fsp3) is 0.947. The third kappa shape index (κ3) is 5.75. The van der Waals surface area contributed by atoms with E-state index in [0.717, 1.165) is 32.1 Å². The molecule has 0 spiro atoms. The average molecular weight is 324 g/mol. The number of piperidine rings is 2. The summed E-state index contributed by atoms with van der Waals surface area (Å²) in [6.45, 7) is 14.4. The third-order valence-corrected chi connectivity index (χ3v) is 5.93. The first-order valence-electron chi connectivity index (χ1n) is 9.61. The number of hydrogen-bond acceptors (Lipinski definition) is 3. The molecule has 2 rings (SSSR count). The first kappa shape index (κ1) is 18.7. The standard InChI is InChI=1S/C19H37N3O/c1-15-6-5-11-22(13-15)19(3,4)14-21-18(23)12-16(2)17-7-9-20-10-8-17/h15-17,20H,5-14H2,1-4H3,(H,21,23). The summed E-state index contributed by atoms with van der Waals surface area (Å²) in [4.78, 5) is 14.9. The maximum Gasteiger partial charge on any atom is 0.220 e. The van der Waals surface area contributed by atoms with Crippen molar-refractivity contribution in [2.24, 2.45) is 17.8 Å². The summed E-state index contributed by atoms with van der Waals surface area (Å²) in [5.41, 5.74) is 0.0579. The van der Waals surface area contributed by atoms with Crippen LogP contribution in [0.1, 0.15) is 59.8 Å². The highest BCUT2D eigenvalue weighted by molar-refractivity contribution is 5.76. The third-order valence-electron chi connectivity index (χ3n) is 5.93. The number of nitrogens with zero attached hydrogens (tertiary/aromatic N) is 1. The Morgan fingerprint density at radius 2 is 2.00 bits per heavy atom. The molecule has 0 bridgehead atoms. The topological polar surface area (TPSA) is 44.4 Å². The molecule has 0 aromatic carbocycles. The Hall–Kier alpha value is -0.610. The summed E-state index contributed by atoms with van der Waals surface area (Å²) in [5.74, 6) is 2.21. The minimum atomic E-state index is 0.0579. The number of carbonyl (C=O) groups is 1. The molecule has 0 aliphatic carbocycles. The van der Waals surface area contributed by atoms with Gasteiger partial charge in [-0.2, -0.15) is 0 Å². The second-order valence-corrected chi connectivity index (χ2v) is 8.55. The lowest BCUT2D eigenvalue weighted by molar-refractivity contribution is -0.123. The van der Waals surface area contributed by atoms with Crippen LogP contribution in [-0.4, -0.2) is 49.1 Å². The van der Waals surface area contributed by atoms with Gasteiger partial charge in [0, 0.05) is 25.0 Å². The summed E-state index contributed by atoms with van der Waals surface area (Å²) in [6.07, 6.45) is 5.73. The summed E-state index contributed by atoms with van der Waals surface area (Å²) < 4.78 is 0. The zero-order chi connectivity index (χ0) is 16.9. The summed E-state index contributed by atoms with van der Waals surface area (Å²) in [7, 11) is 0. The largest absolute Gasteiger partial charge is 0.354 e. The van der Waals surface area contributed by atoms with E-state index >= 15 is 0 Å². The summed E-state index contributed by atoms with van der Waals surface area (Å²) >= 11 is 0. The molecule has 2 saturated heterocycles. The van der Waals surface area contributed by atoms with Crippen LogP contribution in [0.5, 0.6) is 0 Å². The SMILES string of the molecule is CC1CCCN(C(C)(C)CNC(=O)CC(C)C2CCNCC2)C1. The van der Waals surface area contributed by atoms with Crippen LogP contribution < -0.4 is 10.6 Å². The summed E-state index contributed by atoms with van der Waals surface area (Å²) in [5, 5.41) is 6.61. The smallest absolute Gasteiger partial charge is 0.220 e. The monoisotopic (exact) mass is 323 g/mol. The fourth-order valence-electron chi connectivity index (χ4n) is 4.11. The minimum absolute atomic E-state index is 0.0579. The Morgan fingerprint density at radius 3 is 2.65 bits per heavy atom. The molecule has 134 valence electrons. The van der Waals surface area contributed by atoms with Crippen molar-refractivity contribution in [1.82, 2.24) is 15.5 Å². The normalized spacial score (nSPS) is 26.0. The fourth-order valence-corrected chi connectivity index (χ4v) is 4.11. The molecule has 2 atom stereocenters. The average Bonchev–Trinajstić information content (AvgIpc) is 2.54. The molecule has 2 unspecified atom stereocenters. The number of amides is 1. The van der Waals surface area contributed by atoms with Gasteiger partial charge in [-0.05, 0) is 76.9 Å². The number of hydrogen-bond donors (Lipinski definition) is 2. The number of nitrogens with one attached hydrogen (secondary N) is 2. The zero-order valence-corrected chi connectivity index (χ0v) is 15.7. The Morgan fingerprint density at radius 1 is 1.30 bits per heavy atom. The van der Waals surface area contributed by atoms with E-state index in [9.17, 15) is 4.79 Å². The number of carbonyl (C=O) groups excluding carboxylic acids is 1. The van der Waals surface area contributed by atoms with Crippen LogP contribution in [-0.2, 0) is 4.79 Å². The van der Waals surface area contributed by atoms with Crippen molar-refractivity contribution in [3.8, 4) is 0 Å². The molecule has 0 aromatic rings. The van der Waals surface area contributed by atoms with Crippen LogP contribution in [0.15, 0.2) is 0 Å². The quantitative estimate of drug-likeness (QED) is 0.790. The molecule has 2 heterocycles. The molecule has 1 amide bonds.